The molecule has 0 radical (unpaired) electrons. The zero-order valence-electron chi connectivity index (χ0n) is 12.0. The van der Waals surface area contributed by atoms with E-state index in [2.05, 4.69) is 17.2 Å². The zero-order valence-corrected chi connectivity index (χ0v) is 12.0. The molecule has 1 N–H and O–H groups in total. The van der Waals surface area contributed by atoms with Crippen LogP contribution in [-0.4, -0.2) is 11.5 Å². The molecular weight excluding hydrogens is 252 g/mol. The van der Waals surface area contributed by atoms with Gasteiger partial charge >= 0.3 is 5.63 Å². The molecule has 1 aromatic heterocycles. The third-order valence-corrected chi connectivity index (χ3v) is 3.34. The predicted molar refractivity (Wildman–Crippen MR) is 82.1 cm³/mol. The molecule has 2 aromatic rings. The number of fused-ring (bicyclic) bond motifs is 1. The van der Waals surface area contributed by atoms with Crippen LogP contribution < -0.4 is 10.9 Å². The molecule has 0 saturated heterocycles. The maximum Gasteiger partial charge on any atom is 0.348 e. The van der Waals surface area contributed by atoms with Gasteiger partial charge < -0.3 is 9.73 Å². The third kappa shape index (κ3) is 4.08. The highest BCUT2D eigenvalue weighted by molar-refractivity contribution is 5.77. The van der Waals surface area contributed by atoms with E-state index in [0.29, 0.717) is 16.9 Å². The summed E-state index contributed by atoms with van der Waals surface area (Å²) in [6.45, 7) is 3.01. The maximum absolute atomic E-state index is 11.8. The van der Waals surface area contributed by atoms with Crippen LogP contribution in [0.3, 0.4) is 0 Å². The van der Waals surface area contributed by atoms with Crippen molar-refractivity contribution in [1.82, 2.24) is 4.98 Å². The molecule has 0 amide bonds. The van der Waals surface area contributed by atoms with Crippen molar-refractivity contribution >= 4 is 16.9 Å². The number of para-hydroxylation sites is 1. The van der Waals surface area contributed by atoms with Crippen LogP contribution in [0.5, 0.6) is 0 Å². The van der Waals surface area contributed by atoms with Crippen molar-refractivity contribution in [3.05, 3.63) is 34.7 Å². The molecular formula is C16H22N2O2. The molecule has 0 unspecified atom stereocenters. The molecule has 4 heteroatoms. The van der Waals surface area contributed by atoms with Crippen LogP contribution in [0.4, 0.5) is 6.01 Å². The van der Waals surface area contributed by atoms with Crippen molar-refractivity contribution in [2.45, 2.75) is 45.4 Å². The van der Waals surface area contributed by atoms with Gasteiger partial charge in [0.25, 0.3) is 6.01 Å². The highest BCUT2D eigenvalue weighted by atomic mass is 16.4. The summed E-state index contributed by atoms with van der Waals surface area (Å²) in [6.07, 6.45) is 7.43. The lowest BCUT2D eigenvalue weighted by atomic mass is 10.1. The van der Waals surface area contributed by atoms with Gasteiger partial charge in [0.2, 0.25) is 0 Å². The topological polar surface area (TPSA) is 55.1 Å². The summed E-state index contributed by atoms with van der Waals surface area (Å²) in [6, 6.07) is 7.55. The van der Waals surface area contributed by atoms with Gasteiger partial charge in [-0.05, 0) is 18.6 Å². The van der Waals surface area contributed by atoms with Gasteiger partial charge in [0.05, 0.1) is 10.9 Å². The molecule has 2 rings (SSSR count). The number of aromatic nitrogens is 1. The Morgan fingerprint density at radius 1 is 1.10 bits per heavy atom. The van der Waals surface area contributed by atoms with Gasteiger partial charge in [-0.3, -0.25) is 0 Å². The van der Waals surface area contributed by atoms with Crippen LogP contribution in [0.25, 0.3) is 10.9 Å². The number of nitrogens with one attached hydrogen (secondary N) is 1. The van der Waals surface area contributed by atoms with Crippen molar-refractivity contribution in [1.29, 1.82) is 0 Å². The standard InChI is InChI=1S/C16H22N2O2/c1-2-3-4-5-6-9-12-17-16-18-14-11-8-7-10-13(14)15(19)20-16/h7-8,10-11H,2-6,9,12H2,1H3,(H,17,18). The van der Waals surface area contributed by atoms with Crippen LogP contribution in [0.15, 0.2) is 33.5 Å². The highest BCUT2D eigenvalue weighted by Gasteiger charge is 2.04. The molecule has 20 heavy (non-hydrogen) atoms. The first-order chi connectivity index (χ1) is 9.81. The molecule has 0 aliphatic carbocycles. The Balaban J connectivity index is 1.83. The van der Waals surface area contributed by atoms with E-state index in [1.54, 1.807) is 6.07 Å². The largest absolute Gasteiger partial charge is 0.389 e. The minimum Gasteiger partial charge on any atom is -0.389 e. The summed E-state index contributed by atoms with van der Waals surface area (Å²) < 4.78 is 5.16. The first-order valence-corrected chi connectivity index (χ1v) is 7.45. The lowest BCUT2D eigenvalue weighted by molar-refractivity contribution is 0.513. The lowest BCUT2D eigenvalue weighted by Crippen LogP contribution is -2.08. The fourth-order valence-electron chi connectivity index (χ4n) is 2.20. The molecule has 108 valence electrons. The van der Waals surface area contributed by atoms with E-state index < -0.39 is 0 Å². The first kappa shape index (κ1) is 14.6. The molecule has 0 bridgehead atoms. The number of benzene rings is 1. The van der Waals surface area contributed by atoms with Crippen LogP contribution in [0.1, 0.15) is 45.4 Å². The van der Waals surface area contributed by atoms with Crippen LogP contribution in [-0.2, 0) is 0 Å². The Kier molecular flexibility index (Phi) is 5.59. The van der Waals surface area contributed by atoms with Gasteiger partial charge in [-0.15, -0.1) is 0 Å². The van der Waals surface area contributed by atoms with E-state index >= 15 is 0 Å². The third-order valence-electron chi connectivity index (χ3n) is 3.34. The Morgan fingerprint density at radius 3 is 2.70 bits per heavy atom. The van der Waals surface area contributed by atoms with Crippen LogP contribution in [0.2, 0.25) is 0 Å². The Hall–Kier alpha value is -1.84. The zero-order chi connectivity index (χ0) is 14.2. The van der Waals surface area contributed by atoms with E-state index in [9.17, 15) is 4.79 Å². The van der Waals surface area contributed by atoms with Crippen molar-refractivity contribution < 1.29 is 4.42 Å². The minimum absolute atomic E-state index is 0.322. The second-order valence-electron chi connectivity index (χ2n) is 5.02. The predicted octanol–water partition coefficient (Wildman–Crippen LogP) is 3.96. The second-order valence-corrected chi connectivity index (χ2v) is 5.02. The van der Waals surface area contributed by atoms with E-state index in [0.717, 1.165) is 13.0 Å². The smallest absolute Gasteiger partial charge is 0.348 e. The molecule has 0 aliphatic heterocycles. The van der Waals surface area contributed by atoms with Gasteiger partial charge in [-0.2, -0.15) is 4.98 Å². The van der Waals surface area contributed by atoms with Gasteiger partial charge in [0, 0.05) is 6.54 Å². The van der Waals surface area contributed by atoms with Gasteiger partial charge in [0.1, 0.15) is 0 Å². The van der Waals surface area contributed by atoms with E-state index in [4.69, 9.17) is 4.42 Å². The second kappa shape index (κ2) is 7.68. The van der Waals surface area contributed by atoms with E-state index in [1.165, 1.54) is 32.1 Å². The normalized spacial score (nSPS) is 10.8. The molecule has 1 aromatic carbocycles. The summed E-state index contributed by atoms with van der Waals surface area (Å²) >= 11 is 0. The fraction of sp³-hybridized carbons (Fsp3) is 0.500. The van der Waals surface area contributed by atoms with Crippen LogP contribution >= 0.6 is 0 Å². The van der Waals surface area contributed by atoms with Gasteiger partial charge in [-0.1, -0.05) is 51.2 Å². The molecule has 0 saturated carbocycles. The first-order valence-electron chi connectivity index (χ1n) is 7.45. The SMILES string of the molecule is CCCCCCCCNc1nc2ccccc2c(=O)o1. The van der Waals surface area contributed by atoms with Gasteiger partial charge in [0.15, 0.2) is 0 Å². The van der Waals surface area contributed by atoms with Crippen molar-refractivity contribution in [2.24, 2.45) is 0 Å². The number of anilines is 1. The molecule has 0 atom stereocenters. The van der Waals surface area contributed by atoms with E-state index in [1.807, 2.05) is 18.2 Å². The average Bonchev–Trinajstić information content (AvgIpc) is 2.46. The number of hydrogen-bond donors (Lipinski definition) is 1. The molecule has 0 fully saturated rings. The average molecular weight is 274 g/mol. The summed E-state index contributed by atoms with van der Waals surface area (Å²) in [5.41, 5.74) is 0.343. The Bertz CT molecular complexity index is 592. The van der Waals surface area contributed by atoms with Gasteiger partial charge in [-0.25, -0.2) is 4.79 Å². The maximum atomic E-state index is 11.8. The molecule has 0 spiro atoms. The minimum atomic E-state index is -0.332. The summed E-state index contributed by atoms with van der Waals surface area (Å²) in [7, 11) is 0. The number of rotatable bonds is 8. The Morgan fingerprint density at radius 2 is 1.85 bits per heavy atom. The number of hydrogen-bond acceptors (Lipinski definition) is 4. The highest BCUT2D eigenvalue weighted by Crippen LogP contribution is 2.10. The quantitative estimate of drug-likeness (QED) is 0.740. The molecule has 4 nitrogen and oxygen atoms in total. The van der Waals surface area contributed by atoms with Crippen molar-refractivity contribution in [2.75, 3.05) is 11.9 Å². The molecule has 1 heterocycles. The van der Waals surface area contributed by atoms with E-state index in [-0.39, 0.29) is 5.63 Å². The number of nitrogens with zero attached hydrogens (tertiary/aromatic N) is 1. The lowest BCUT2D eigenvalue weighted by Gasteiger charge is -2.04. The summed E-state index contributed by atoms with van der Waals surface area (Å²) in [4.78, 5) is 16.1. The summed E-state index contributed by atoms with van der Waals surface area (Å²) in [5, 5.41) is 3.62. The summed E-state index contributed by atoms with van der Waals surface area (Å²) in [5.74, 6) is 0. The fourth-order valence-corrected chi connectivity index (χ4v) is 2.20. The monoisotopic (exact) mass is 274 g/mol. The number of unbranched alkanes of at least 4 members (excludes halogenated alkanes) is 5. The van der Waals surface area contributed by atoms with Crippen molar-refractivity contribution in [3.63, 3.8) is 0 Å². The molecule has 0 aliphatic rings. The Labute approximate surface area is 119 Å². The van der Waals surface area contributed by atoms with Crippen molar-refractivity contribution in [3.8, 4) is 0 Å². The van der Waals surface area contributed by atoms with Crippen LogP contribution in [0, 0.1) is 0 Å².